The van der Waals surface area contributed by atoms with Gasteiger partial charge in [-0.1, -0.05) is 6.42 Å². The fraction of sp³-hybridized carbons (Fsp3) is 0.941. The average Bonchev–Trinajstić information content (AvgIpc) is 2.88. The second kappa shape index (κ2) is 5.79. The van der Waals surface area contributed by atoms with E-state index >= 15 is 0 Å². The van der Waals surface area contributed by atoms with Crippen molar-refractivity contribution in [1.29, 1.82) is 0 Å². The van der Waals surface area contributed by atoms with Crippen LogP contribution < -0.4 is 5.32 Å². The first-order chi connectivity index (χ1) is 9.94. The minimum absolute atomic E-state index is 0.109. The standard InChI is InChI=1S/C17H30N2O2/c1-17(2,3)21-16(20)19-11-5-8-15(19)13-6-4-7-14(13)18-12-9-10-12/h12-15,18H,4-11H2,1-3H3. The van der Waals surface area contributed by atoms with Crippen molar-refractivity contribution in [3.63, 3.8) is 0 Å². The first-order valence-corrected chi connectivity index (χ1v) is 8.70. The average molecular weight is 294 g/mol. The maximum atomic E-state index is 12.5. The Morgan fingerprint density at radius 2 is 1.86 bits per heavy atom. The van der Waals surface area contributed by atoms with Crippen molar-refractivity contribution < 1.29 is 9.53 Å². The Hall–Kier alpha value is -0.770. The number of amides is 1. The maximum Gasteiger partial charge on any atom is 0.410 e. The Balaban J connectivity index is 1.63. The van der Waals surface area contributed by atoms with E-state index in [1.807, 2.05) is 25.7 Å². The highest BCUT2D eigenvalue weighted by Gasteiger charge is 2.43. The van der Waals surface area contributed by atoms with E-state index in [1.54, 1.807) is 0 Å². The number of carbonyl (C=O) groups is 1. The molecule has 0 aromatic heterocycles. The first kappa shape index (κ1) is 15.1. The maximum absolute atomic E-state index is 12.5. The highest BCUT2D eigenvalue weighted by molar-refractivity contribution is 5.69. The van der Waals surface area contributed by atoms with Crippen LogP contribution >= 0.6 is 0 Å². The van der Waals surface area contributed by atoms with Gasteiger partial charge in [0, 0.05) is 24.7 Å². The first-order valence-electron chi connectivity index (χ1n) is 8.70. The van der Waals surface area contributed by atoms with Gasteiger partial charge in [-0.25, -0.2) is 4.79 Å². The predicted octanol–water partition coefficient (Wildman–Crippen LogP) is 3.31. The van der Waals surface area contributed by atoms with Gasteiger partial charge in [0.1, 0.15) is 5.60 Å². The van der Waals surface area contributed by atoms with Gasteiger partial charge in [-0.2, -0.15) is 0 Å². The molecule has 0 aromatic carbocycles. The Morgan fingerprint density at radius 3 is 2.52 bits per heavy atom. The molecule has 1 N–H and O–H groups in total. The second-order valence-corrected chi connectivity index (χ2v) is 8.03. The van der Waals surface area contributed by atoms with E-state index in [0.29, 0.717) is 18.0 Å². The van der Waals surface area contributed by atoms with Crippen LogP contribution in [0.4, 0.5) is 4.79 Å². The fourth-order valence-electron chi connectivity index (χ4n) is 3.99. The predicted molar refractivity (Wildman–Crippen MR) is 83.2 cm³/mol. The van der Waals surface area contributed by atoms with Crippen molar-refractivity contribution >= 4 is 6.09 Å². The summed E-state index contributed by atoms with van der Waals surface area (Å²) >= 11 is 0. The summed E-state index contributed by atoms with van der Waals surface area (Å²) in [5.41, 5.74) is -0.397. The van der Waals surface area contributed by atoms with Crippen LogP contribution in [-0.2, 0) is 4.74 Å². The topological polar surface area (TPSA) is 41.6 Å². The van der Waals surface area contributed by atoms with Crippen LogP contribution in [-0.4, -0.2) is 41.3 Å². The third-order valence-corrected chi connectivity index (χ3v) is 5.02. The van der Waals surface area contributed by atoms with E-state index in [-0.39, 0.29) is 6.09 Å². The fourth-order valence-corrected chi connectivity index (χ4v) is 3.99. The number of nitrogens with zero attached hydrogens (tertiary/aromatic N) is 1. The molecule has 21 heavy (non-hydrogen) atoms. The summed E-state index contributed by atoms with van der Waals surface area (Å²) in [4.78, 5) is 14.5. The van der Waals surface area contributed by atoms with Crippen LogP contribution in [0.5, 0.6) is 0 Å². The second-order valence-electron chi connectivity index (χ2n) is 8.03. The molecule has 120 valence electrons. The van der Waals surface area contributed by atoms with Crippen LogP contribution in [0.1, 0.15) is 65.7 Å². The van der Waals surface area contributed by atoms with Gasteiger partial charge < -0.3 is 15.0 Å². The molecule has 3 unspecified atom stereocenters. The molecule has 3 rings (SSSR count). The molecule has 4 nitrogen and oxygen atoms in total. The van der Waals surface area contributed by atoms with E-state index in [1.165, 1.54) is 32.1 Å². The molecule has 3 atom stereocenters. The van der Waals surface area contributed by atoms with E-state index in [9.17, 15) is 4.79 Å². The summed E-state index contributed by atoms with van der Waals surface area (Å²) in [6.45, 7) is 6.71. The zero-order chi connectivity index (χ0) is 15.0. The van der Waals surface area contributed by atoms with E-state index in [2.05, 4.69) is 5.32 Å². The number of nitrogens with one attached hydrogen (secondary N) is 1. The number of hydrogen-bond donors (Lipinski definition) is 1. The van der Waals surface area contributed by atoms with Crippen molar-refractivity contribution in [3.8, 4) is 0 Å². The summed E-state index contributed by atoms with van der Waals surface area (Å²) < 4.78 is 5.61. The van der Waals surface area contributed by atoms with Crippen LogP contribution in [0.15, 0.2) is 0 Å². The zero-order valence-electron chi connectivity index (χ0n) is 13.7. The lowest BCUT2D eigenvalue weighted by atomic mass is 9.92. The van der Waals surface area contributed by atoms with Crippen molar-refractivity contribution in [2.24, 2.45) is 5.92 Å². The molecule has 1 aliphatic heterocycles. The molecule has 0 spiro atoms. The molecule has 0 aromatic rings. The smallest absolute Gasteiger partial charge is 0.410 e. The summed E-state index contributed by atoms with van der Waals surface area (Å²) in [5, 5.41) is 3.81. The van der Waals surface area contributed by atoms with Gasteiger partial charge in [-0.05, 0) is 65.2 Å². The van der Waals surface area contributed by atoms with Crippen molar-refractivity contribution in [2.45, 2.75) is 89.4 Å². The minimum Gasteiger partial charge on any atom is -0.444 e. The van der Waals surface area contributed by atoms with Crippen LogP contribution in [0.2, 0.25) is 0 Å². The number of hydrogen-bond acceptors (Lipinski definition) is 3. The van der Waals surface area contributed by atoms with E-state index < -0.39 is 5.60 Å². The molecule has 3 aliphatic rings. The molecule has 0 bridgehead atoms. The number of likely N-dealkylation sites (tertiary alicyclic amines) is 1. The molecule has 0 radical (unpaired) electrons. The van der Waals surface area contributed by atoms with Gasteiger partial charge >= 0.3 is 6.09 Å². The third-order valence-electron chi connectivity index (χ3n) is 5.02. The Bertz CT molecular complexity index is 387. The normalized spacial score (nSPS) is 33.5. The molecule has 2 aliphatic carbocycles. The lowest BCUT2D eigenvalue weighted by molar-refractivity contribution is 0.0166. The summed E-state index contributed by atoms with van der Waals surface area (Å²) in [5.74, 6) is 0.626. The molecule has 2 saturated carbocycles. The molecule has 1 saturated heterocycles. The summed E-state index contributed by atoms with van der Waals surface area (Å²) in [7, 11) is 0. The monoisotopic (exact) mass is 294 g/mol. The van der Waals surface area contributed by atoms with E-state index in [4.69, 9.17) is 4.74 Å². The van der Waals surface area contributed by atoms with Gasteiger partial charge in [-0.3, -0.25) is 0 Å². The van der Waals surface area contributed by atoms with Crippen molar-refractivity contribution in [3.05, 3.63) is 0 Å². The molecular weight excluding hydrogens is 264 g/mol. The number of rotatable bonds is 3. The molecular formula is C17H30N2O2. The van der Waals surface area contributed by atoms with Gasteiger partial charge in [-0.15, -0.1) is 0 Å². The zero-order valence-corrected chi connectivity index (χ0v) is 13.7. The summed E-state index contributed by atoms with van der Waals surface area (Å²) in [6.07, 6.45) is 8.67. The Morgan fingerprint density at radius 1 is 1.10 bits per heavy atom. The van der Waals surface area contributed by atoms with Gasteiger partial charge in [0.25, 0.3) is 0 Å². The third kappa shape index (κ3) is 3.71. The molecule has 4 heteroatoms. The quantitative estimate of drug-likeness (QED) is 0.868. The summed E-state index contributed by atoms with van der Waals surface area (Å²) in [6, 6.07) is 1.76. The van der Waals surface area contributed by atoms with Gasteiger partial charge in [0.15, 0.2) is 0 Å². The van der Waals surface area contributed by atoms with Crippen molar-refractivity contribution in [1.82, 2.24) is 10.2 Å². The largest absolute Gasteiger partial charge is 0.444 e. The van der Waals surface area contributed by atoms with Crippen LogP contribution in [0, 0.1) is 5.92 Å². The van der Waals surface area contributed by atoms with E-state index in [0.717, 1.165) is 25.4 Å². The highest BCUT2D eigenvalue weighted by atomic mass is 16.6. The van der Waals surface area contributed by atoms with Crippen LogP contribution in [0.3, 0.4) is 0 Å². The Labute approximate surface area is 128 Å². The highest BCUT2D eigenvalue weighted by Crippen LogP contribution is 2.38. The minimum atomic E-state index is -0.397. The lowest BCUT2D eigenvalue weighted by Crippen LogP contribution is -2.48. The van der Waals surface area contributed by atoms with Crippen molar-refractivity contribution in [2.75, 3.05) is 6.54 Å². The Kier molecular flexibility index (Phi) is 4.17. The molecule has 1 amide bonds. The van der Waals surface area contributed by atoms with Gasteiger partial charge in [0.2, 0.25) is 0 Å². The van der Waals surface area contributed by atoms with Gasteiger partial charge in [0.05, 0.1) is 0 Å². The number of ether oxygens (including phenoxy) is 1. The lowest BCUT2D eigenvalue weighted by Gasteiger charge is -2.34. The van der Waals surface area contributed by atoms with Crippen LogP contribution in [0.25, 0.3) is 0 Å². The SMILES string of the molecule is CC(C)(C)OC(=O)N1CCCC1C1CCCC1NC1CC1. The molecule has 3 fully saturated rings. The number of carbonyl (C=O) groups excluding carboxylic acids is 1. The molecule has 1 heterocycles.